The summed E-state index contributed by atoms with van der Waals surface area (Å²) in [5, 5.41) is 2.92. The van der Waals surface area contributed by atoms with Gasteiger partial charge in [0.15, 0.2) is 0 Å². The lowest BCUT2D eigenvalue weighted by Gasteiger charge is -2.34. The maximum absolute atomic E-state index is 13.4. The van der Waals surface area contributed by atoms with Gasteiger partial charge in [0.05, 0.1) is 17.6 Å². The van der Waals surface area contributed by atoms with Crippen LogP contribution in [0, 0.1) is 0 Å². The Hall–Kier alpha value is -4.24. The van der Waals surface area contributed by atoms with Crippen LogP contribution in [0.25, 0.3) is 11.4 Å². The van der Waals surface area contributed by atoms with Crippen molar-refractivity contribution in [2.45, 2.75) is 6.92 Å². The van der Waals surface area contributed by atoms with Crippen molar-refractivity contribution in [2.24, 2.45) is 0 Å². The fourth-order valence-corrected chi connectivity index (χ4v) is 4.18. The molecule has 0 saturated carbocycles. The fraction of sp³-hybridized carbons (Fsp3) is 0.231. The molecule has 35 heavy (non-hydrogen) atoms. The third-order valence-electron chi connectivity index (χ3n) is 6.21. The Morgan fingerprint density at radius 1 is 0.971 bits per heavy atom. The van der Waals surface area contributed by atoms with E-state index in [2.05, 4.69) is 32.1 Å². The number of nitrogens with one attached hydrogen (secondary N) is 2. The molecular weight excluding hydrogens is 442 g/mol. The fourth-order valence-electron chi connectivity index (χ4n) is 4.18. The minimum atomic E-state index is -0.381. The molecule has 5 rings (SSSR count). The van der Waals surface area contributed by atoms with Crippen molar-refractivity contribution in [3.05, 3.63) is 78.6 Å². The van der Waals surface area contributed by atoms with Crippen molar-refractivity contribution >= 4 is 29.3 Å². The first kappa shape index (κ1) is 22.5. The molecule has 2 N–H and O–H groups in total. The minimum absolute atomic E-state index is 0.0138. The lowest BCUT2D eigenvalue weighted by atomic mass is 10.1. The maximum Gasteiger partial charge on any atom is 0.333 e. The molecule has 0 aromatic heterocycles. The molecule has 9 heteroatoms. The van der Waals surface area contributed by atoms with Gasteiger partial charge in [-0.1, -0.05) is 25.1 Å². The molecule has 1 fully saturated rings. The highest BCUT2D eigenvalue weighted by molar-refractivity contribution is 6.06. The monoisotopic (exact) mass is 469 g/mol. The van der Waals surface area contributed by atoms with E-state index in [9.17, 15) is 9.59 Å². The summed E-state index contributed by atoms with van der Waals surface area (Å²) in [6, 6.07) is 17.7. The number of urea groups is 1. The third kappa shape index (κ3) is 4.85. The molecule has 0 atom stereocenters. The van der Waals surface area contributed by atoms with Gasteiger partial charge in [-0.25, -0.2) is 14.7 Å². The minimum Gasteiger partial charge on any atom is -0.336 e. The molecule has 2 aromatic carbocycles. The summed E-state index contributed by atoms with van der Waals surface area (Å²) in [7, 11) is 0. The summed E-state index contributed by atoms with van der Waals surface area (Å²) in [6.07, 6.45) is 3.32. The van der Waals surface area contributed by atoms with Gasteiger partial charge >= 0.3 is 6.03 Å². The Morgan fingerprint density at radius 2 is 1.71 bits per heavy atom. The highest BCUT2D eigenvalue weighted by Gasteiger charge is 2.23. The number of fused-ring (bicyclic) bond motifs is 1. The Kier molecular flexibility index (Phi) is 6.40. The number of nitrogens with zero attached hydrogens (tertiary/aromatic N) is 5. The van der Waals surface area contributed by atoms with Crippen molar-refractivity contribution in [1.82, 2.24) is 24.8 Å². The van der Waals surface area contributed by atoms with Crippen LogP contribution < -0.4 is 10.2 Å². The maximum atomic E-state index is 13.4. The molecule has 1 saturated heterocycles. The van der Waals surface area contributed by atoms with Crippen molar-refractivity contribution < 1.29 is 9.59 Å². The molecular formula is C26H27N7O2. The summed E-state index contributed by atoms with van der Waals surface area (Å²) >= 11 is 0. The van der Waals surface area contributed by atoms with Crippen LogP contribution in [-0.2, 0) is 0 Å². The van der Waals surface area contributed by atoms with E-state index in [1.165, 1.54) is 4.90 Å². The van der Waals surface area contributed by atoms with E-state index in [1.807, 2.05) is 41.3 Å². The molecule has 0 aliphatic carbocycles. The van der Waals surface area contributed by atoms with Crippen LogP contribution in [0.4, 0.5) is 22.1 Å². The highest BCUT2D eigenvalue weighted by Crippen LogP contribution is 2.26. The predicted molar refractivity (Wildman–Crippen MR) is 135 cm³/mol. The number of amides is 3. The van der Waals surface area contributed by atoms with E-state index in [0.717, 1.165) is 44.1 Å². The molecule has 3 heterocycles. The zero-order chi connectivity index (χ0) is 24.2. The first-order valence-electron chi connectivity index (χ1n) is 11.7. The second-order valence-corrected chi connectivity index (χ2v) is 8.36. The number of benzene rings is 2. The molecule has 3 aliphatic heterocycles. The second kappa shape index (κ2) is 9.94. The molecule has 9 nitrogen and oxygen atoms in total. The third-order valence-corrected chi connectivity index (χ3v) is 6.21. The number of likely N-dealkylation sites (N-methyl/N-ethyl adjacent to an activating group) is 1. The van der Waals surface area contributed by atoms with Crippen molar-refractivity contribution in [3.63, 3.8) is 0 Å². The number of rotatable bonds is 5. The van der Waals surface area contributed by atoms with Gasteiger partial charge in [-0.2, -0.15) is 0 Å². The molecule has 2 aromatic rings. The second-order valence-electron chi connectivity index (χ2n) is 8.36. The van der Waals surface area contributed by atoms with Gasteiger partial charge in [0.2, 0.25) is 5.95 Å². The first-order valence-corrected chi connectivity index (χ1v) is 11.7. The summed E-state index contributed by atoms with van der Waals surface area (Å²) in [4.78, 5) is 43.8. The number of carbonyl (C=O) groups is 2. The van der Waals surface area contributed by atoms with E-state index in [0.29, 0.717) is 22.9 Å². The van der Waals surface area contributed by atoms with Gasteiger partial charge in [-0.3, -0.25) is 9.78 Å². The van der Waals surface area contributed by atoms with Crippen LogP contribution in [0.15, 0.2) is 73.1 Å². The molecule has 0 bridgehead atoms. The van der Waals surface area contributed by atoms with E-state index in [4.69, 9.17) is 0 Å². The molecule has 0 radical (unpaired) electrons. The van der Waals surface area contributed by atoms with Crippen molar-refractivity contribution in [2.75, 3.05) is 42.9 Å². The smallest absolute Gasteiger partial charge is 0.333 e. The summed E-state index contributed by atoms with van der Waals surface area (Å²) in [5.74, 6) is 0.382. The number of anilines is 3. The lowest BCUT2D eigenvalue weighted by molar-refractivity contribution is 0.0643. The SMILES string of the molecule is CCN1CCN(C(=O)c2ccc(NC(=O)N(c3ccccc3)c3ncc4nccc-4[nH]3)cc2)CC1. The number of piperazine rings is 1. The largest absolute Gasteiger partial charge is 0.336 e. The molecule has 3 amide bonds. The topological polar surface area (TPSA) is 97.5 Å². The van der Waals surface area contributed by atoms with Crippen molar-refractivity contribution in [3.8, 4) is 11.4 Å². The molecule has 0 spiro atoms. The standard InChI is InChI=1S/C26H27N7O2/c1-2-31-14-16-32(17-15-31)24(34)19-8-10-20(11-9-19)29-26(35)33(21-6-4-3-5-7-21)25-28-18-23-22(30-25)12-13-27-23/h3-13,18H,2,14-17H2,1H3,(H,28,30)(H,29,35). The quantitative estimate of drug-likeness (QED) is 0.459. The Morgan fingerprint density at radius 3 is 2.43 bits per heavy atom. The Labute approximate surface area is 203 Å². The van der Waals surface area contributed by atoms with E-state index >= 15 is 0 Å². The normalized spacial score (nSPS) is 14.1. The highest BCUT2D eigenvalue weighted by atomic mass is 16.2. The Bertz CT molecular complexity index is 1260. The molecule has 3 aliphatic rings. The summed E-state index contributed by atoms with van der Waals surface area (Å²) in [6.45, 7) is 6.37. The van der Waals surface area contributed by atoms with Crippen LogP contribution in [0.2, 0.25) is 0 Å². The van der Waals surface area contributed by atoms with Gasteiger partial charge in [0.25, 0.3) is 5.91 Å². The number of para-hydroxylation sites is 1. The number of carbonyl (C=O) groups excluding carboxylic acids is 2. The number of hydrogen-bond donors (Lipinski definition) is 2. The average molecular weight is 470 g/mol. The van der Waals surface area contributed by atoms with E-state index in [1.54, 1.807) is 36.7 Å². The van der Waals surface area contributed by atoms with Gasteiger partial charge in [-0.05, 0) is 49.0 Å². The first-order chi connectivity index (χ1) is 17.1. The van der Waals surface area contributed by atoms with Crippen LogP contribution in [0.1, 0.15) is 17.3 Å². The van der Waals surface area contributed by atoms with Crippen LogP contribution >= 0.6 is 0 Å². The Balaban J connectivity index is 1.33. The van der Waals surface area contributed by atoms with E-state index in [-0.39, 0.29) is 11.9 Å². The van der Waals surface area contributed by atoms with Crippen LogP contribution in [0.5, 0.6) is 0 Å². The van der Waals surface area contributed by atoms with Crippen LogP contribution in [0.3, 0.4) is 0 Å². The van der Waals surface area contributed by atoms with Crippen molar-refractivity contribution in [1.29, 1.82) is 0 Å². The van der Waals surface area contributed by atoms with Gasteiger partial charge in [0, 0.05) is 43.6 Å². The van der Waals surface area contributed by atoms with Crippen LogP contribution in [-0.4, -0.2) is 69.4 Å². The number of aromatic amines is 1. The molecule has 0 unspecified atom stereocenters. The van der Waals surface area contributed by atoms with Gasteiger partial charge in [0.1, 0.15) is 5.69 Å². The average Bonchev–Trinajstić information content (AvgIpc) is 3.38. The number of H-pyrrole nitrogens is 1. The predicted octanol–water partition coefficient (Wildman–Crippen LogP) is 4.06. The lowest BCUT2D eigenvalue weighted by Crippen LogP contribution is -2.48. The zero-order valence-corrected chi connectivity index (χ0v) is 19.5. The summed E-state index contributed by atoms with van der Waals surface area (Å²) < 4.78 is 0. The zero-order valence-electron chi connectivity index (χ0n) is 19.5. The van der Waals surface area contributed by atoms with Gasteiger partial charge in [-0.15, -0.1) is 0 Å². The number of aromatic nitrogens is 3. The molecule has 178 valence electrons. The van der Waals surface area contributed by atoms with E-state index < -0.39 is 0 Å². The number of hydrogen-bond acceptors (Lipinski definition) is 5. The summed E-state index contributed by atoms with van der Waals surface area (Å²) in [5.41, 5.74) is 3.35. The van der Waals surface area contributed by atoms with Gasteiger partial charge < -0.3 is 20.1 Å².